The third-order valence-electron chi connectivity index (χ3n) is 6.62. The van der Waals surface area contributed by atoms with Crippen molar-refractivity contribution in [2.45, 2.75) is 51.6 Å². The van der Waals surface area contributed by atoms with Gasteiger partial charge in [-0.05, 0) is 49.2 Å². The normalized spacial score (nSPS) is 17.5. The molecule has 2 aromatic rings. The Kier molecular flexibility index (Phi) is 8.09. The maximum absolute atomic E-state index is 13.6. The zero-order valence-corrected chi connectivity index (χ0v) is 20.8. The Labute approximate surface area is 210 Å². The fourth-order valence-corrected chi connectivity index (χ4v) is 4.35. The molecule has 0 spiro atoms. The summed E-state index contributed by atoms with van der Waals surface area (Å²) >= 11 is 0. The number of urea groups is 1. The number of carbonyl (C=O) groups is 2. The van der Waals surface area contributed by atoms with Crippen LogP contribution in [0, 0.1) is 6.92 Å². The first kappa shape index (κ1) is 28.3. The van der Waals surface area contributed by atoms with Gasteiger partial charge in [0, 0.05) is 39.3 Å². The molecule has 0 bridgehead atoms. The molecule has 0 N–H and O–H groups in total. The minimum absolute atomic E-state index is 0.0574. The molecule has 202 valence electrons. The fraction of sp³-hybridized carbons (Fsp3) is 0.480. The van der Waals surface area contributed by atoms with E-state index in [1.807, 2.05) is 0 Å². The van der Waals surface area contributed by atoms with Gasteiger partial charge in [-0.3, -0.25) is 9.78 Å². The van der Waals surface area contributed by atoms with E-state index < -0.39 is 41.6 Å². The van der Waals surface area contributed by atoms with E-state index in [-0.39, 0.29) is 43.6 Å². The van der Waals surface area contributed by atoms with Crippen LogP contribution in [0.3, 0.4) is 0 Å². The summed E-state index contributed by atoms with van der Waals surface area (Å²) in [4.78, 5) is 34.5. The fourth-order valence-electron chi connectivity index (χ4n) is 4.35. The molecule has 6 nitrogen and oxygen atoms in total. The molecule has 1 fully saturated rings. The smallest absolute Gasteiger partial charge is 0.338 e. The summed E-state index contributed by atoms with van der Waals surface area (Å²) in [5, 5.41) is 0. The third kappa shape index (κ3) is 6.16. The first-order chi connectivity index (χ1) is 17.1. The van der Waals surface area contributed by atoms with Crippen molar-refractivity contribution in [1.29, 1.82) is 0 Å². The van der Waals surface area contributed by atoms with Gasteiger partial charge in [0.1, 0.15) is 0 Å². The summed E-state index contributed by atoms with van der Waals surface area (Å²) in [5.41, 5.74) is -1.86. The zero-order valence-electron chi connectivity index (χ0n) is 20.8. The van der Waals surface area contributed by atoms with E-state index in [0.717, 1.165) is 10.5 Å². The second kappa shape index (κ2) is 10.6. The van der Waals surface area contributed by atoms with Gasteiger partial charge in [0.05, 0.1) is 28.9 Å². The number of alkyl halides is 6. The second-order valence-electron chi connectivity index (χ2n) is 9.02. The molecule has 2 heterocycles. The number of carbonyl (C=O) groups excluding carboxylic acids is 2. The van der Waals surface area contributed by atoms with Crippen LogP contribution >= 0.6 is 0 Å². The molecule has 12 heteroatoms. The van der Waals surface area contributed by atoms with Crippen LogP contribution in [0.25, 0.3) is 0 Å². The maximum Gasteiger partial charge on any atom is 0.416 e. The van der Waals surface area contributed by atoms with Crippen LogP contribution in [-0.2, 0) is 17.1 Å². The SMILES string of the molecule is CCC(=O)N1CCN(C(=O)N(C)C(C)c2cc(C(F)(F)F)cc(C(F)(F)F)c2)C(c2ncccc2C)C1. The lowest BCUT2D eigenvalue weighted by atomic mass is 9.99. The van der Waals surface area contributed by atoms with Crippen LogP contribution in [0.4, 0.5) is 31.1 Å². The van der Waals surface area contributed by atoms with Gasteiger partial charge < -0.3 is 14.7 Å². The van der Waals surface area contributed by atoms with Gasteiger partial charge in [-0.2, -0.15) is 26.3 Å². The average molecular weight is 531 g/mol. The Morgan fingerprint density at radius 3 is 2.19 bits per heavy atom. The first-order valence-electron chi connectivity index (χ1n) is 11.7. The number of aryl methyl sites for hydroxylation is 1. The van der Waals surface area contributed by atoms with Crippen molar-refractivity contribution < 1.29 is 35.9 Å². The number of benzene rings is 1. The first-order valence-corrected chi connectivity index (χ1v) is 11.7. The quantitative estimate of drug-likeness (QED) is 0.467. The van der Waals surface area contributed by atoms with E-state index in [4.69, 9.17) is 0 Å². The van der Waals surface area contributed by atoms with E-state index in [1.165, 1.54) is 18.9 Å². The molecule has 2 atom stereocenters. The molecule has 1 aliphatic heterocycles. The Morgan fingerprint density at radius 1 is 1.08 bits per heavy atom. The van der Waals surface area contributed by atoms with Gasteiger partial charge in [0.25, 0.3) is 0 Å². The molecule has 1 aromatic heterocycles. The van der Waals surface area contributed by atoms with Crippen molar-refractivity contribution in [2.75, 3.05) is 26.7 Å². The molecule has 1 aromatic carbocycles. The van der Waals surface area contributed by atoms with Crippen LogP contribution < -0.4 is 0 Å². The van der Waals surface area contributed by atoms with Gasteiger partial charge in [-0.15, -0.1) is 0 Å². The van der Waals surface area contributed by atoms with E-state index in [1.54, 1.807) is 37.1 Å². The van der Waals surface area contributed by atoms with Crippen molar-refractivity contribution >= 4 is 11.9 Å². The standard InChI is InChI=1S/C25H28F6N4O2/c1-5-21(36)34-9-10-35(20(14-34)22-15(2)7-6-8-32-22)23(37)33(4)16(3)17-11-18(24(26,27)28)13-19(12-17)25(29,30)31/h6-8,11-13,16,20H,5,9-10,14H2,1-4H3. The Bertz CT molecular complexity index is 1120. The minimum atomic E-state index is -5.00. The summed E-state index contributed by atoms with van der Waals surface area (Å²) in [6.07, 6.45) is -8.17. The number of rotatable bonds is 4. The Balaban J connectivity index is 1.96. The predicted octanol–water partition coefficient (Wildman–Crippen LogP) is 5.84. The van der Waals surface area contributed by atoms with Crippen LogP contribution in [0.15, 0.2) is 36.5 Å². The van der Waals surface area contributed by atoms with Gasteiger partial charge in [0.15, 0.2) is 0 Å². The van der Waals surface area contributed by atoms with Crippen LogP contribution in [-0.4, -0.2) is 58.3 Å². The highest BCUT2D eigenvalue weighted by Crippen LogP contribution is 2.38. The number of aromatic nitrogens is 1. The molecule has 3 rings (SSSR count). The summed E-state index contributed by atoms with van der Waals surface area (Å²) in [5.74, 6) is -0.101. The topological polar surface area (TPSA) is 56.8 Å². The lowest BCUT2D eigenvalue weighted by Gasteiger charge is -2.43. The maximum atomic E-state index is 13.6. The highest BCUT2D eigenvalue weighted by molar-refractivity contribution is 5.78. The van der Waals surface area contributed by atoms with Crippen LogP contribution in [0.5, 0.6) is 0 Å². The van der Waals surface area contributed by atoms with E-state index in [2.05, 4.69) is 4.98 Å². The molecule has 1 aliphatic rings. The van der Waals surface area contributed by atoms with Gasteiger partial charge in [0.2, 0.25) is 5.91 Å². The third-order valence-corrected chi connectivity index (χ3v) is 6.62. The molecule has 37 heavy (non-hydrogen) atoms. The largest absolute Gasteiger partial charge is 0.416 e. The molecule has 0 aliphatic carbocycles. The van der Waals surface area contributed by atoms with Crippen molar-refractivity contribution in [1.82, 2.24) is 19.7 Å². The van der Waals surface area contributed by atoms with E-state index >= 15 is 0 Å². The van der Waals surface area contributed by atoms with Gasteiger partial charge in [-0.1, -0.05) is 13.0 Å². The zero-order chi connectivity index (χ0) is 27.7. The van der Waals surface area contributed by atoms with Crippen LogP contribution in [0.2, 0.25) is 0 Å². The summed E-state index contributed by atoms with van der Waals surface area (Å²) in [7, 11) is 1.33. The number of hydrogen-bond donors (Lipinski definition) is 0. The predicted molar refractivity (Wildman–Crippen MR) is 123 cm³/mol. The van der Waals surface area contributed by atoms with E-state index in [0.29, 0.717) is 17.8 Å². The monoisotopic (exact) mass is 530 g/mol. The minimum Gasteiger partial charge on any atom is -0.338 e. The number of pyridine rings is 1. The summed E-state index contributed by atoms with van der Waals surface area (Å²) in [6, 6.07) is 2.49. The molecule has 3 amide bonds. The summed E-state index contributed by atoms with van der Waals surface area (Å²) < 4.78 is 80.2. The van der Waals surface area contributed by atoms with Gasteiger partial charge in [-0.25, -0.2) is 4.79 Å². The number of hydrogen-bond acceptors (Lipinski definition) is 3. The van der Waals surface area contributed by atoms with Crippen molar-refractivity contribution in [3.8, 4) is 0 Å². The average Bonchev–Trinajstić information content (AvgIpc) is 2.85. The van der Waals surface area contributed by atoms with E-state index in [9.17, 15) is 35.9 Å². The lowest BCUT2D eigenvalue weighted by Crippen LogP contribution is -2.55. The molecule has 0 radical (unpaired) electrons. The highest BCUT2D eigenvalue weighted by Gasteiger charge is 2.40. The number of amides is 3. The number of halogens is 6. The molecule has 0 saturated carbocycles. The molecule has 1 saturated heterocycles. The second-order valence-corrected chi connectivity index (χ2v) is 9.02. The molecular weight excluding hydrogens is 502 g/mol. The Hall–Kier alpha value is -3.31. The Morgan fingerprint density at radius 2 is 1.68 bits per heavy atom. The summed E-state index contributed by atoms with van der Waals surface area (Å²) in [6.45, 7) is 5.43. The highest BCUT2D eigenvalue weighted by atomic mass is 19.4. The number of nitrogens with zero attached hydrogens (tertiary/aromatic N) is 4. The van der Waals surface area contributed by atoms with Gasteiger partial charge >= 0.3 is 18.4 Å². The molecule has 2 unspecified atom stereocenters. The number of piperazine rings is 1. The van der Waals surface area contributed by atoms with Crippen molar-refractivity contribution in [3.05, 3.63) is 64.5 Å². The van der Waals surface area contributed by atoms with Crippen molar-refractivity contribution in [3.63, 3.8) is 0 Å². The van der Waals surface area contributed by atoms with Crippen molar-refractivity contribution in [2.24, 2.45) is 0 Å². The van der Waals surface area contributed by atoms with Crippen LogP contribution in [0.1, 0.15) is 60.3 Å². The molecular formula is C25H28F6N4O2. The lowest BCUT2D eigenvalue weighted by molar-refractivity contribution is -0.143.